The molecule has 0 fully saturated rings. The van der Waals surface area contributed by atoms with E-state index in [9.17, 15) is 0 Å². The molecule has 17 heavy (non-hydrogen) atoms. The Morgan fingerprint density at radius 1 is 1.18 bits per heavy atom. The Bertz CT molecular complexity index is 236. The van der Waals surface area contributed by atoms with Crippen molar-refractivity contribution in [3.8, 4) is 0 Å². The van der Waals surface area contributed by atoms with E-state index in [1.807, 2.05) is 0 Å². The van der Waals surface area contributed by atoms with E-state index in [4.69, 9.17) is 13.3 Å². The van der Waals surface area contributed by atoms with Crippen molar-refractivity contribution < 1.29 is 13.3 Å². The van der Waals surface area contributed by atoms with E-state index in [0.29, 0.717) is 0 Å². The predicted molar refractivity (Wildman–Crippen MR) is 70.8 cm³/mol. The van der Waals surface area contributed by atoms with Crippen LogP contribution >= 0.6 is 0 Å². The van der Waals surface area contributed by atoms with Gasteiger partial charge in [0.15, 0.2) is 0 Å². The van der Waals surface area contributed by atoms with E-state index in [0.717, 1.165) is 32.4 Å². The largest absolute Gasteiger partial charge is 0.518 e. The molecule has 0 aromatic rings. The maximum absolute atomic E-state index is 5.63. The molecule has 0 bridgehead atoms. The minimum absolute atomic E-state index is 0.262. The molecule has 0 saturated carbocycles. The van der Waals surface area contributed by atoms with Crippen molar-refractivity contribution in [2.24, 2.45) is 0 Å². The van der Waals surface area contributed by atoms with Gasteiger partial charge >= 0.3 is 8.80 Å². The highest BCUT2D eigenvalue weighted by molar-refractivity contribution is 6.62. The van der Waals surface area contributed by atoms with Gasteiger partial charge in [0.05, 0.1) is 5.67 Å². The maximum Gasteiger partial charge on any atom is 0.518 e. The Morgan fingerprint density at radius 3 is 2.24 bits per heavy atom. The van der Waals surface area contributed by atoms with Crippen LogP contribution in [0, 0.1) is 0 Å². The quantitative estimate of drug-likeness (QED) is 0.515. The minimum Gasteiger partial charge on any atom is -0.376 e. The molecule has 4 nitrogen and oxygen atoms in total. The van der Waals surface area contributed by atoms with Crippen molar-refractivity contribution in [3.63, 3.8) is 0 Å². The van der Waals surface area contributed by atoms with Crippen molar-refractivity contribution in [2.75, 3.05) is 34.4 Å². The molecule has 0 amide bonds. The summed E-state index contributed by atoms with van der Waals surface area (Å²) in [5.74, 6) is 0. The smallest absolute Gasteiger partial charge is 0.376 e. The van der Waals surface area contributed by atoms with E-state index < -0.39 is 8.80 Å². The zero-order chi connectivity index (χ0) is 12.7. The molecular formula is C12H25NO3Si. The average Bonchev–Trinajstić information content (AvgIpc) is 2.41. The molecule has 5 heteroatoms. The third-order valence-corrected chi connectivity index (χ3v) is 6.53. The normalized spacial score (nSPS) is 19.5. The Hall–Kier alpha value is -0.203. The molecule has 0 spiro atoms. The molecular weight excluding hydrogens is 234 g/mol. The minimum atomic E-state index is -2.56. The fraction of sp³-hybridized carbons (Fsp3) is 0.833. The molecule has 0 aromatic carbocycles. The van der Waals surface area contributed by atoms with Crippen LogP contribution in [0.3, 0.4) is 0 Å². The van der Waals surface area contributed by atoms with Crippen LogP contribution in [0.5, 0.6) is 0 Å². The van der Waals surface area contributed by atoms with Gasteiger partial charge in [-0.25, -0.2) is 0 Å². The predicted octanol–water partition coefficient (Wildman–Crippen LogP) is 1.83. The molecule has 1 aliphatic heterocycles. The summed E-state index contributed by atoms with van der Waals surface area (Å²) in [7, 11) is 2.53. The first-order valence-corrected chi connectivity index (χ1v) is 8.08. The first-order chi connectivity index (χ1) is 8.24. The molecule has 1 rings (SSSR count). The standard InChI is InChI=1S/C12H25NO3Si/c1-5-9-12(13-10-7-6-8-11-13)17(14-2,15-3)16-4/h6-7,12H,5,8-11H2,1-4H3. The van der Waals surface area contributed by atoms with E-state index in [1.54, 1.807) is 21.3 Å². The van der Waals surface area contributed by atoms with Gasteiger partial charge in [-0.3, -0.25) is 4.90 Å². The molecule has 1 aliphatic rings. The Kier molecular flexibility index (Phi) is 6.36. The van der Waals surface area contributed by atoms with Gasteiger partial charge in [0, 0.05) is 34.4 Å². The van der Waals surface area contributed by atoms with Crippen LogP contribution in [0.15, 0.2) is 12.2 Å². The summed E-state index contributed by atoms with van der Waals surface area (Å²) in [5.41, 5.74) is 0.262. The number of hydrogen-bond acceptors (Lipinski definition) is 4. The highest BCUT2D eigenvalue weighted by Crippen LogP contribution is 2.23. The Morgan fingerprint density at radius 2 is 1.82 bits per heavy atom. The van der Waals surface area contributed by atoms with Gasteiger partial charge in [0.1, 0.15) is 0 Å². The van der Waals surface area contributed by atoms with Crippen LogP contribution in [0.1, 0.15) is 26.2 Å². The van der Waals surface area contributed by atoms with Crippen LogP contribution in [0.25, 0.3) is 0 Å². The lowest BCUT2D eigenvalue weighted by Gasteiger charge is -2.40. The SMILES string of the molecule is CCCC(N1CC=CCC1)[Si](OC)(OC)OC. The molecule has 100 valence electrons. The summed E-state index contributed by atoms with van der Waals surface area (Å²) < 4.78 is 16.9. The molecule has 1 heterocycles. The van der Waals surface area contributed by atoms with Gasteiger partial charge in [-0.15, -0.1) is 0 Å². The highest BCUT2D eigenvalue weighted by Gasteiger charge is 2.49. The van der Waals surface area contributed by atoms with E-state index in [1.165, 1.54) is 0 Å². The van der Waals surface area contributed by atoms with Crippen molar-refractivity contribution in [2.45, 2.75) is 31.9 Å². The zero-order valence-corrected chi connectivity index (χ0v) is 12.4. The molecule has 0 aromatic heterocycles. The van der Waals surface area contributed by atoms with Gasteiger partial charge in [-0.1, -0.05) is 25.5 Å². The summed E-state index contributed by atoms with van der Waals surface area (Å²) in [4.78, 5) is 2.42. The van der Waals surface area contributed by atoms with Gasteiger partial charge in [0.2, 0.25) is 0 Å². The van der Waals surface area contributed by atoms with E-state index >= 15 is 0 Å². The summed E-state index contributed by atoms with van der Waals surface area (Å²) in [6.45, 7) is 4.22. The third-order valence-electron chi connectivity index (χ3n) is 3.35. The van der Waals surface area contributed by atoms with Crippen molar-refractivity contribution in [3.05, 3.63) is 12.2 Å². The summed E-state index contributed by atoms with van der Waals surface area (Å²) in [6, 6.07) is 0. The Labute approximate surface area is 106 Å². The topological polar surface area (TPSA) is 30.9 Å². The lowest BCUT2D eigenvalue weighted by atomic mass is 10.2. The summed E-state index contributed by atoms with van der Waals surface area (Å²) >= 11 is 0. The van der Waals surface area contributed by atoms with Crippen LogP contribution in [0.4, 0.5) is 0 Å². The van der Waals surface area contributed by atoms with Gasteiger partial charge < -0.3 is 13.3 Å². The second-order valence-electron chi connectivity index (χ2n) is 4.28. The second kappa shape index (κ2) is 7.28. The van der Waals surface area contributed by atoms with Gasteiger partial charge in [-0.2, -0.15) is 0 Å². The molecule has 0 N–H and O–H groups in total. The number of rotatable bonds is 7. The van der Waals surface area contributed by atoms with Gasteiger partial charge in [0.25, 0.3) is 0 Å². The molecule has 1 atom stereocenters. The van der Waals surface area contributed by atoms with Crippen molar-refractivity contribution in [1.29, 1.82) is 0 Å². The molecule has 0 saturated heterocycles. The number of hydrogen-bond donors (Lipinski definition) is 0. The lowest BCUT2D eigenvalue weighted by Crippen LogP contribution is -2.62. The fourth-order valence-corrected chi connectivity index (χ4v) is 5.10. The fourth-order valence-electron chi connectivity index (χ4n) is 2.46. The van der Waals surface area contributed by atoms with E-state index in [-0.39, 0.29) is 5.67 Å². The Balaban J connectivity index is 2.84. The van der Waals surface area contributed by atoms with Crippen molar-refractivity contribution in [1.82, 2.24) is 4.90 Å². The van der Waals surface area contributed by atoms with Crippen LogP contribution < -0.4 is 0 Å². The summed E-state index contributed by atoms with van der Waals surface area (Å²) in [6.07, 6.45) is 7.70. The van der Waals surface area contributed by atoms with Gasteiger partial charge in [-0.05, 0) is 12.8 Å². The maximum atomic E-state index is 5.63. The van der Waals surface area contributed by atoms with Crippen molar-refractivity contribution >= 4 is 8.80 Å². The molecule has 0 aliphatic carbocycles. The number of nitrogens with zero attached hydrogens (tertiary/aromatic N) is 1. The summed E-state index contributed by atoms with van der Waals surface area (Å²) in [5, 5.41) is 0. The second-order valence-corrected chi connectivity index (χ2v) is 7.37. The van der Waals surface area contributed by atoms with Crippen LogP contribution in [-0.2, 0) is 13.3 Å². The monoisotopic (exact) mass is 259 g/mol. The zero-order valence-electron chi connectivity index (χ0n) is 11.4. The third kappa shape index (κ3) is 3.39. The van der Waals surface area contributed by atoms with Crippen LogP contribution in [0.2, 0.25) is 0 Å². The molecule has 1 unspecified atom stereocenters. The first kappa shape index (κ1) is 14.9. The average molecular weight is 259 g/mol. The first-order valence-electron chi connectivity index (χ1n) is 6.28. The lowest BCUT2D eigenvalue weighted by molar-refractivity contribution is 0.0735. The van der Waals surface area contributed by atoms with E-state index in [2.05, 4.69) is 24.0 Å². The van der Waals surface area contributed by atoms with Crippen LogP contribution in [-0.4, -0.2) is 53.8 Å². The molecule has 0 radical (unpaired) electrons. The highest BCUT2D eigenvalue weighted by atomic mass is 28.4.